The van der Waals surface area contributed by atoms with E-state index in [1.807, 2.05) is 39.0 Å². The molecule has 2 rings (SSSR count). The van der Waals surface area contributed by atoms with E-state index in [0.717, 1.165) is 23.3 Å². The third-order valence-electron chi connectivity index (χ3n) is 3.70. The van der Waals surface area contributed by atoms with Gasteiger partial charge < -0.3 is 14.6 Å². The number of aliphatic carboxylic acids is 1. The molecule has 0 bridgehead atoms. The Bertz CT molecular complexity index is 544. The summed E-state index contributed by atoms with van der Waals surface area (Å²) in [6.45, 7) is 7.18. The van der Waals surface area contributed by atoms with Gasteiger partial charge in [0, 0.05) is 5.57 Å². The van der Waals surface area contributed by atoms with Gasteiger partial charge >= 0.3 is 5.97 Å². The van der Waals surface area contributed by atoms with E-state index in [0.29, 0.717) is 18.6 Å². The van der Waals surface area contributed by atoms with Crippen LogP contribution in [-0.4, -0.2) is 30.4 Å². The van der Waals surface area contributed by atoms with Crippen molar-refractivity contribution in [3.8, 4) is 0 Å². The molecule has 114 valence electrons. The molecule has 1 heterocycles. The fraction of sp³-hybridized carbons (Fsp3) is 0.471. The first kappa shape index (κ1) is 15.7. The van der Waals surface area contributed by atoms with Crippen molar-refractivity contribution in [1.82, 2.24) is 0 Å². The van der Waals surface area contributed by atoms with Crippen LogP contribution in [0.2, 0.25) is 0 Å². The second-order valence-electron chi connectivity index (χ2n) is 5.34. The van der Waals surface area contributed by atoms with Crippen molar-refractivity contribution in [3.63, 3.8) is 0 Å². The average Bonchev–Trinajstić information content (AvgIpc) is 3.27. The molecule has 2 atom stereocenters. The Hall–Kier alpha value is -1.65. The van der Waals surface area contributed by atoms with Crippen LogP contribution in [0.3, 0.4) is 0 Å². The van der Waals surface area contributed by atoms with E-state index < -0.39 is 5.97 Å². The highest BCUT2D eigenvalue weighted by Crippen LogP contribution is 2.27. The smallest absolute Gasteiger partial charge is 0.331 e. The topological polar surface area (TPSA) is 59.1 Å². The molecule has 1 aliphatic heterocycles. The summed E-state index contributed by atoms with van der Waals surface area (Å²) in [5.74, 6) is -0.869. The number of aryl methyl sites for hydroxylation is 1. The molecule has 1 fully saturated rings. The van der Waals surface area contributed by atoms with Crippen LogP contribution in [0.5, 0.6) is 0 Å². The molecule has 0 aliphatic carbocycles. The molecule has 1 aromatic rings. The number of benzene rings is 1. The highest BCUT2D eigenvalue weighted by molar-refractivity contribution is 5.92. The SMILES string of the molecule is CCC(=Cc1c(C)cccc1[C@@H](C)OC[C@H]1CO1)C(=O)O. The molecule has 1 N–H and O–H groups in total. The van der Waals surface area contributed by atoms with Gasteiger partial charge in [-0.2, -0.15) is 0 Å². The Morgan fingerprint density at radius 3 is 2.86 bits per heavy atom. The predicted molar refractivity (Wildman–Crippen MR) is 81.2 cm³/mol. The van der Waals surface area contributed by atoms with E-state index in [1.165, 1.54) is 0 Å². The Kier molecular flexibility index (Phi) is 5.15. The van der Waals surface area contributed by atoms with Crippen LogP contribution in [-0.2, 0) is 14.3 Å². The lowest BCUT2D eigenvalue weighted by molar-refractivity contribution is -0.132. The Balaban J connectivity index is 2.27. The highest BCUT2D eigenvalue weighted by atomic mass is 16.6. The maximum atomic E-state index is 11.2. The first-order valence-electron chi connectivity index (χ1n) is 7.29. The zero-order valence-electron chi connectivity index (χ0n) is 12.8. The van der Waals surface area contributed by atoms with Crippen LogP contribution in [0.15, 0.2) is 23.8 Å². The molecular formula is C17H22O4. The van der Waals surface area contributed by atoms with Gasteiger partial charge in [-0.05, 0) is 43.0 Å². The van der Waals surface area contributed by atoms with Crippen molar-refractivity contribution in [2.75, 3.05) is 13.2 Å². The summed E-state index contributed by atoms with van der Waals surface area (Å²) >= 11 is 0. The van der Waals surface area contributed by atoms with Crippen LogP contribution in [0, 0.1) is 6.92 Å². The normalized spacial score (nSPS) is 19.4. The van der Waals surface area contributed by atoms with E-state index >= 15 is 0 Å². The molecule has 4 heteroatoms. The maximum Gasteiger partial charge on any atom is 0.331 e. The summed E-state index contributed by atoms with van der Waals surface area (Å²) in [6.07, 6.45) is 2.39. The molecule has 0 radical (unpaired) electrons. The maximum absolute atomic E-state index is 11.2. The predicted octanol–water partition coefficient (Wildman–Crippen LogP) is 3.35. The molecule has 1 aliphatic rings. The second-order valence-corrected chi connectivity index (χ2v) is 5.34. The second kappa shape index (κ2) is 6.87. The number of epoxide rings is 1. The number of carboxylic acid groups (broad SMARTS) is 1. The summed E-state index contributed by atoms with van der Waals surface area (Å²) in [4.78, 5) is 11.2. The third kappa shape index (κ3) is 4.16. The third-order valence-corrected chi connectivity index (χ3v) is 3.70. The molecule has 0 saturated carbocycles. The average molecular weight is 290 g/mol. The number of hydrogen-bond acceptors (Lipinski definition) is 3. The van der Waals surface area contributed by atoms with E-state index in [2.05, 4.69) is 0 Å². The van der Waals surface area contributed by atoms with E-state index in [4.69, 9.17) is 9.47 Å². The largest absolute Gasteiger partial charge is 0.478 e. The quantitative estimate of drug-likeness (QED) is 0.618. The minimum atomic E-state index is -0.869. The summed E-state index contributed by atoms with van der Waals surface area (Å²) in [5, 5.41) is 9.22. The molecule has 1 aromatic carbocycles. The molecule has 4 nitrogen and oxygen atoms in total. The molecular weight excluding hydrogens is 268 g/mol. The Morgan fingerprint density at radius 1 is 1.57 bits per heavy atom. The van der Waals surface area contributed by atoms with Crippen LogP contribution in [0.25, 0.3) is 6.08 Å². The van der Waals surface area contributed by atoms with Crippen molar-refractivity contribution >= 4 is 12.0 Å². The van der Waals surface area contributed by atoms with Gasteiger partial charge in [-0.15, -0.1) is 0 Å². The minimum Gasteiger partial charge on any atom is -0.478 e. The standard InChI is InChI=1S/C17H22O4/c1-4-13(17(18)19)8-16-11(2)6-5-7-15(16)12(3)20-9-14-10-21-14/h5-8,12,14H,4,9-10H2,1-3H3,(H,18,19)/t12-,14+/m1/s1. The van der Waals surface area contributed by atoms with Crippen molar-refractivity contribution in [3.05, 3.63) is 40.5 Å². The number of carbonyl (C=O) groups is 1. The number of hydrogen-bond donors (Lipinski definition) is 1. The highest BCUT2D eigenvalue weighted by Gasteiger charge is 2.24. The van der Waals surface area contributed by atoms with Crippen molar-refractivity contribution in [1.29, 1.82) is 0 Å². The zero-order chi connectivity index (χ0) is 15.4. The van der Waals surface area contributed by atoms with Gasteiger partial charge in [0.25, 0.3) is 0 Å². The van der Waals surface area contributed by atoms with Gasteiger partial charge in [-0.1, -0.05) is 25.1 Å². The van der Waals surface area contributed by atoms with E-state index in [-0.39, 0.29) is 12.2 Å². The first-order chi connectivity index (χ1) is 10.0. The number of carboxylic acids is 1. The Morgan fingerprint density at radius 2 is 2.29 bits per heavy atom. The van der Waals surface area contributed by atoms with Crippen molar-refractivity contribution < 1.29 is 19.4 Å². The van der Waals surface area contributed by atoms with Crippen molar-refractivity contribution in [2.45, 2.75) is 39.4 Å². The summed E-state index contributed by atoms with van der Waals surface area (Å²) < 4.78 is 11.0. The summed E-state index contributed by atoms with van der Waals surface area (Å²) in [6, 6.07) is 5.95. The first-order valence-corrected chi connectivity index (χ1v) is 7.29. The van der Waals surface area contributed by atoms with Gasteiger partial charge in [0.2, 0.25) is 0 Å². The fourth-order valence-corrected chi connectivity index (χ4v) is 2.25. The summed E-state index contributed by atoms with van der Waals surface area (Å²) in [7, 11) is 0. The van der Waals surface area contributed by atoms with Crippen LogP contribution >= 0.6 is 0 Å². The number of ether oxygens (including phenoxy) is 2. The molecule has 21 heavy (non-hydrogen) atoms. The van der Waals surface area contributed by atoms with Gasteiger partial charge in [-0.3, -0.25) is 0 Å². The van der Waals surface area contributed by atoms with Crippen LogP contribution in [0.1, 0.15) is 43.1 Å². The lowest BCUT2D eigenvalue weighted by Gasteiger charge is -2.17. The lowest BCUT2D eigenvalue weighted by Crippen LogP contribution is -2.08. The number of rotatable bonds is 7. The monoisotopic (exact) mass is 290 g/mol. The molecule has 0 unspecified atom stereocenters. The zero-order valence-corrected chi connectivity index (χ0v) is 12.8. The lowest BCUT2D eigenvalue weighted by atomic mass is 9.96. The van der Waals surface area contributed by atoms with E-state index in [1.54, 1.807) is 6.08 Å². The minimum absolute atomic E-state index is 0.0905. The van der Waals surface area contributed by atoms with Gasteiger partial charge in [0.05, 0.1) is 19.3 Å². The van der Waals surface area contributed by atoms with Crippen molar-refractivity contribution in [2.24, 2.45) is 0 Å². The summed E-state index contributed by atoms with van der Waals surface area (Å²) in [5.41, 5.74) is 3.42. The molecule has 0 amide bonds. The van der Waals surface area contributed by atoms with Crippen LogP contribution < -0.4 is 0 Å². The fourth-order valence-electron chi connectivity index (χ4n) is 2.25. The van der Waals surface area contributed by atoms with Gasteiger partial charge in [0.1, 0.15) is 6.10 Å². The molecule has 1 saturated heterocycles. The van der Waals surface area contributed by atoms with Crippen LogP contribution in [0.4, 0.5) is 0 Å². The van der Waals surface area contributed by atoms with Gasteiger partial charge in [0.15, 0.2) is 0 Å². The molecule has 0 spiro atoms. The molecule has 0 aromatic heterocycles. The van der Waals surface area contributed by atoms with E-state index in [9.17, 15) is 9.90 Å². The van der Waals surface area contributed by atoms with Gasteiger partial charge in [-0.25, -0.2) is 4.79 Å². The Labute approximate surface area is 125 Å².